The maximum absolute atomic E-state index is 11.7. The molecule has 0 aromatic carbocycles. The first-order valence-electron chi connectivity index (χ1n) is 5.59. The Bertz CT molecular complexity index is 472. The summed E-state index contributed by atoms with van der Waals surface area (Å²) in [6, 6.07) is 3.52. The zero-order valence-electron chi connectivity index (χ0n) is 10.2. The Hall–Kier alpha value is -1.14. The van der Waals surface area contributed by atoms with Crippen molar-refractivity contribution in [3.05, 3.63) is 23.5 Å². The van der Waals surface area contributed by atoms with Crippen LogP contribution in [0.1, 0.15) is 24.2 Å². The second-order valence-corrected chi connectivity index (χ2v) is 5.84. The Balaban J connectivity index is 2.69. The van der Waals surface area contributed by atoms with Gasteiger partial charge < -0.3 is 5.73 Å². The molecule has 1 aromatic heterocycles. The maximum Gasteiger partial charge on any atom is 0.232 e. The summed E-state index contributed by atoms with van der Waals surface area (Å²) in [6.45, 7) is 4.16. The maximum atomic E-state index is 11.7. The monoisotopic (exact) mass is 257 g/mol. The van der Waals surface area contributed by atoms with Crippen molar-refractivity contribution in [3.8, 4) is 0 Å². The molecular formula is C11H19N3O2S. The molecule has 0 saturated heterocycles. The molecule has 1 aromatic rings. The van der Waals surface area contributed by atoms with Gasteiger partial charge in [0.1, 0.15) is 0 Å². The Morgan fingerprint density at radius 2 is 2.00 bits per heavy atom. The summed E-state index contributed by atoms with van der Waals surface area (Å²) in [7, 11) is -3.29. The number of nitrogens with zero attached hydrogens (tertiary/aromatic N) is 1. The van der Waals surface area contributed by atoms with Gasteiger partial charge in [0.05, 0.1) is 17.1 Å². The van der Waals surface area contributed by atoms with E-state index >= 15 is 0 Å². The standard InChI is InChI=1S/C11H19N3O2S/c1-9-5-6-11(10(2)13-9)14-17(15,16)8-4-3-7-12/h5-6,14H,3-4,7-8,12H2,1-2H3. The van der Waals surface area contributed by atoms with Crippen molar-refractivity contribution >= 4 is 15.7 Å². The number of rotatable bonds is 6. The molecular weight excluding hydrogens is 238 g/mol. The van der Waals surface area contributed by atoms with Crippen LogP contribution in [-0.4, -0.2) is 25.7 Å². The Morgan fingerprint density at radius 3 is 2.59 bits per heavy atom. The highest BCUT2D eigenvalue weighted by molar-refractivity contribution is 7.92. The van der Waals surface area contributed by atoms with Gasteiger partial charge in [-0.1, -0.05) is 0 Å². The molecule has 0 aliphatic rings. The fraction of sp³-hybridized carbons (Fsp3) is 0.545. The van der Waals surface area contributed by atoms with E-state index in [-0.39, 0.29) is 5.75 Å². The van der Waals surface area contributed by atoms with Gasteiger partial charge in [0.2, 0.25) is 10.0 Å². The summed E-state index contributed by atoms with van der Waals surface area (Å²) >= 11 is 0. The average molecular weight is 257 g/mol. The highest BCUT2D eigenvalue weighted by Crippen LogP contribution is 2.14. The topological polar surface area (TPSA) is 85.1 Å². The quantitative estimate of drug-likeness (QED) is 0.749. The summed E-state index contributed by atoms with van der Waals surface area (Å²) in [5.41, 5.74) is 7.43. The SMILES string of the molecule is Cc1ccc(NS(=O)(=O)CCCCN)c(C)n1. The summed E-state index contributed by atoms with van der Waals surface area (Å²) in [6.07, 6.45) is 1.29. The van der Waals surface area contributed by atoms with Gasteiger partial charge in [-0.2, -0.15) is 0 Å². The molecule has 0 unspecified atom stereocenters. The fourth-order valence-corrected chi connectivity index (χ4v) is 2.69. The van der Waals surface area contributed by atoms with Crippen molar-refractivity contribution in [1.82, 2.24) is 4.98 Å². The van der Waals surface area contributed by atoms with Crippen molar-refractivity contribution in [2.45, 2.75) is 26.7 Å². The first kappa shape index (κ1) is 13.9. The zero-order valence-corrected chi connectivity index (χ0v) is 11.0. The molecule has 3 N–H and O–H groups in total. The highest BCUT2D eigenvalue weighted by atomic mass is 32.2. The molecule has 0 aliphatic carbocycles. The van der Waals surface area contributed by atoms with E-state index in [2.05, 4.69) is 9.71 Å². The molecule has 96 valence electrons. The minimum absolute atomic E-state index is 0.0948. The van der Waals surface area contributed by atoms with Gasteiger partial charge in [0.25, 0.3) is 0 Å². The lowest BCUT2D eigenvalue weighted by Crippen LogP contribution is -2.18. The van der Waals surface area contributed by atoms with E-state index < -0.39 is 10.0 Å². The number of pyridine rings is 1. The van der Waals surface area contributed by atoms with Crippen LogP contribution in [0.25, 0.3) is 0 Å². The third kappa shape index (κ3) is 4.70. The van der Waals surface area contributed by atoms with Crippen molar-refractivity contribution in [2.75, 3.05) is 17.0 Å². The van der Waals surface area contributed by atoms with Crippen LogP contribution in [0.15, 0.2) is 12.1 Å². The lowest BCUT2D eigenvalue weighted by molar-refractivity contribution is 0.597. The van der Waals surface area contributed by atoms with Gasteiger partial charge in [-0.3, -0.25) is 9.71 Å². The number of aromatic nitrogens is 1. The van der Waals surface area contributed by atoms with Crippen molar-refractivity contribution in [1.29, 1.82) is 0 Å². The van der Waals surface area contributed by atoms with Gasteiger partial charge in [-0.05, 0) is 45.4 Å². The second kappa shape index (κ2) is 5.97. The van der Waals surface area contributed by atoms with Gasteiger partial charge in [-0.25, -0.2) is 8.42 Å². The average Bonchev–Trinajstić information content (AvgIpc) is 2.22. The fourth-order valence-electron chi connectivity index (χ4n) is 1.45. The van der Waals surface area contributed by atoms with E-state index in [0.717, 1.165) is 5.69 Å². The molecule has 0 radical (unpaired) electrons. The summed E-state index contributed by atoms with van der Waals surface area (Å²) in [4.78, 5) is 4.21. The molecule has 1 heterocycles. The predicted octanol–water partition coefficient (Wildman–Crippen LogP) is 1.18. The third-order valence-corrected chi connectivity index (χ3v) is 3.71. The summed E-state index contributed by atoms with van der Waals surface area (Å²) in [5.74, 6) is 0.0948. The lowest BCUT2D eigenvalue weighted by atomic mass is 10.3. The first-order valence-corrected chi connectivity index (χ1v) is 7.24. The highest BCUT2D eigenvalue weighted by Gasteiger charge is 2.11. The molecule has 0 atom stereocenters. The number of hydrogen-bond donors (Lipinski definition) is 2. The van der Waals surface area contributed by atoms with Crippen LogP contribution in [0.4, 0.5) is 5.69 Å². The molecule has 6 heteroatoms. The molecule has 0 fully saturated rings. The lowest BCUT2D eigenvalue weighted by Gasteiger charge is -2.10. The number of hydrogen-bond acceptors (Lipinski definition) is 4. The van der Waals surface area contributed by atoms with Crippen LogP contribution in [0.3, 0.4) is 0 Å². The summed E-state index contributed by atoms with van der Waals surface area (Å²) < 4.78 is 26.0. The number of anilines is 1. The smallest absolute Gasteiger partial charge is 0.232 e. The molecule has 0 spiro atoms. The molecule has 0 aliphatic heterocycles. The molecule has 1 rings (SSSR count). The largest absolute Gasteiger partial charge is 0.330 e. The first-order chi connectivity index (χ1) is 7.94. The number of aryl methyl sites for hydroxylation is 2. The molecule has 5 nitrogen and oxygen atoms in total. The minimum atomic E-state index is -3.29. The number of nitrogens with two attached hydrogens (primary N) is 1. The van der Waals surface area contributed by atoms with Gasteiger partial charge >= 0.3 is 0 Å². The van der Waals surface area contributed by atoms with Crippen LogP contribution < -0.4 is 10.5 Å². The van der Waals surface area contributed by atoms with E-state index in [1.54, 1.807) is 19.1 Å². The summed E-state index contributed by atoms with van der Waals surface area (Å²) in [5, 5.41) is 0. The van der Waals surface area contributed by atoms with Crippen LogP contribution in [0.2, 0.25) is 0 Å². The zero-order chi connectivity index (χ0) is 12.9. The van der Waals surface area contributed by atoms with Crippen molar-refractivity contribution in [3.63, 3.8) is 0 Å². The van der Waals surface area contributed by atoms with E-state index in [1.165, 1.54) is 0 Å². The Morgan fingerprint density at radius 1 is 1.29 bits per heavy atom. The van der Waals surface area contributed by atoms with E-state index in [4.69, 9.17) is 5.73 Å². The molecule has 0 saturated carbocycles. The number of unbranched alkanes of at least 4 members (excludes halogenated alkanes) is 1. The van der Waals surface area contributed by atoms with E-state index in [9.17, 15) is 8.42 Å². The molecule has 0 amide bonds. The van der Waals surface area contributed by atoms with Gasteiger partial charge in [-0.15, -0.1) is 0 Å². The predicted molar refractivity (Wildman–Crippen MR) is 69.4 cm³/mol. The minimum Gasteiger partial charge on any atom is -0.330 e. The Kier molecular flexibility index (Phi) is 4.89. The van der Waals surface area contributed by atoms with Crippen LogP contribution in [-0.2, 0) is 10.0 Å². The van der Waals surface area contributed by atoms with Crippen LogP contribution in [0, 0.1) is 13.8 Å². The number of sulfonamides is 1. The number of nitrogens with one attached hydrogen (secondary N) is 1. The molecule has 0 bridgehead atoms. The molecule has 17 heavy (non-hydrogen) atoms. The Labute approximate surface area is 102 Å². The van der Waals surface area contributed by atoms with E-state index in [1.807, 2.05) is 6.92 Å². The van der Waals surface area contributed by atoms with Gasteiger partial charge in [0, 0.05) is 5.69 Å². The third-order valence-electron chi connectivity index (χ3n) is 2.36. The van der Waals surface area contributed by atoms with Gasteiger partial charge in [0.15, 0.2) is 0 Å². The van der Waals surface area contributed by atoms with Crippen LogP contribution in [0.5, 0.6) is 0 Å². The van der Waals surface area contributed by atoms with Crippen molar-refractivity contribution in [2.24, 2.45) is 5.73 Å². The van der Waals surface area contributed by atoms with E-state index in [0.29, 0.717) is 30.8 Å². The van der Waals surface area contributed by atoms with Crippen molar-refractivity contribution < 1.29 is 8.42 Å². The normalized spacial score (nSPS) is 11.5. The second-order valence-electron chi connectivity index (χ2n) is 4.00. The van der Waals surface area contributed by atoms with Crippen LogP contribution >= 0.6 is 0 Å².